The highest BCUT2D eigenvalue weighted by Gasteiger charge is 2.16. The molecule has 1 aromatic carbocycles. The molecule has 0 aliphatic rings. The summed E-state index contributed by atoms with van der Waals surface area (Å²) in [5.41, 5.74) is 7.11. The van der Waals surface area contributed by atoms with Gasteiger partial charge in [-0.3, -0.25) is 9.78 Å². The topological polar surface area (TPSA) is 82.3 Å². The molecule has 1 amide bonds. The highest BCUT2D eigenvalue weighted by Crippen LogP contribution is 2.28. The summed E-state index contributed by atoms with van der Waals surface area (Å²) in [5, 5.41) is 0.697. The van der Waals surface area contributed by atoms with Crippen molar-refractivity contribution in [3.63, 3.8) is 0 Å². The Labute approximate surface area is 120 Å². The Hall–Kier alpha value is -2.14. The normalized spacial score (nSPS) is 10.6. The molecule has 0 spiro atoms. The van der Waals surface area contributed by atoms with Gasteiger partial charge in [0.1, 0.15) is 0 Å². The van der Waals surface area contributed by atoms with Crippen LogP contribution >= 0.6 is 11.6 Å². The van der Waals surface area contributed by atoms with Crippen molar-refractivity contribution in [3.8, 4) is 0 Å². The van der Waals surface area contributed by atoms with Crippen LogP contribution in [0.15, 0.2) is 18.3 Å². The van der Waals surface area contributed by atoms with E-state index in [1.165, 1.54) is 6.20 Å². The number of benzene rings is 1. The maximum Gasteiger partial charge on any atom is 0.338 e. The van der Waals surface area contributed by atoms with Gasteiger partial charge < -0.3 is 10.5 Å². The maximum atomic E-state index is 11.8. The molecule has 2 rings (SSSR count). The van der Waals surface area contributed by atoms with E-state index >= 15 is 0 Å². The zero-order valence-corrected chi connectivity index (χ0v) is 11.8. The number of amides is 1. The summed E-state index contributed by atoms with van der Waals surface area (Å²) < 4.78 is 4.96. The smallest absolute Gasteiger partial charge is 0.338 e. The molecule has 0 atom stereocenters. The van der Waals surface area contributed by atoms with Crippen molar-refractivity contribution in [2.45, 2.75) is 13.8 Å². The van der Waals surface area contributed by atoms with Gasteiger partial charge in [0.05, 0.1) is 28.3 Å². The summed E-state index contributed by atoms with van der Waals surface area (Å²) in [6.45, 7) is 3.81. The highest BCUT2D eigenvalue weighted by atomic mass is 35.5. The first-order chi connectivity index (χ1) is 9.45. The number of aromatic nitrogens is 1. The lowest BCUT2D eigenvalue weighted by Gasteiger charge is -2.09. The minimum atomic E-state index is -0.663. The predicted molar refractivity (Wildman–Crippen MR) is 76.0 cm³/mol. The average Bonchev–Trinajstić information content (AvgIpc) is 2.39. The average molecular weight is 293 g/mol. The SMILES string of the molecule is CCOC(=O)c1cc(C)c2ncc(C(N)=O)c(Cl)c2c1. The summed E-state index contributed by atoms with van der Waals surface area (Å²) in [7, 11) is 0. The second-order valence-electron chi connectivity index (χ2n) is 4.26. The van der Waals surface area contributed by atoms with E-state index in [1.54, 1.807) is 26.0 Å². The highest BCUT2D eigenvalue weighted by molar-refractivity contribution is 6.38. The summed E-state index contributed by atoms with van der Waals surface area (Å²) in [5.74, 6) is -1.11. The molecule has 6 heteroatoms. The summed E-state index contributed by atoms with van der Waals surface area (Å²) in [6, 6.07) is 3.23. The standard InChI is InChI=1S/C14H13ClN2O3/c1-3-20-14(19)8-4-7(2)12-9(5-8)11(15)10(6-17-12)13(16)18/h4-6H,3H2,1-2H3,(H2,16,18). The van der Waals surface area contributed by atoms with Crippen LogP contribution in [-0.4, -0.2) is 23.5 Å². The molecule has 2 N–H and O–H groups in total. The van der Waals surface area contributed by atoms with Crippen LogP contribution in [-0.2, 0) is 4.74 Å². The van der Waals surface area contributed by atoms with E-state index in [9.17, 15) is 9.59 Å². The predicted octanol–water partition coefficient (Wildman–Crippen LogP) is 2.47. The summed E-state index contributed by atoms with van der Waals surface area (Å²) >= 11 is 6.17. The lowest BCUT2D eigenvalue weighted by atomic mass is 10.0. The van der Waals surface area contributed by atoms with Gasteiger partial charge in [0.25, 0.3) is 5.91 Å². The first-order valence-electron chi connectivity index (χ1n) is 6.01. The second kappa shape index (κ2) is 5.46. The lowest BCUT2D eigenvalue weighted by Crippen LogP contribution is -2.12. The number of halogens is 1. The Morgan fingerprint density at radius 2 is 2.10 bits per heavy atom. The third kappa shape index (κ3) is 2.44. The molecule has 1 heterocycles. The quantitative estimate of drug-likeness (QED) is 0.881. The van der Waals surface area contributed by atoms with Gasteiger partial charge in [-0.25, -0.2) is 4.79 Å². The van der Waals surface area contributed by atoms with Crippen molar-refractivity contribution in [2.24, 2.45) is 5.73 Å². The van der Waals surface area contributed by atoms with E-state index in [0.29, 0.717) is 16.5 Å². The molecule has 2 aromatic rings. The van der Waals surface area contributed by atoms with Gasteiger partial charge in [0, 0.05) is 11.6 Å². The number of hydrogen-bond donors (Lipinski definition) is 1. The molecular formula is C14H13ClN2O3. The number of nitrogens with zero attached hydrogens (tertiary/aromatic N) is 1. The fraction of sp³-hybridized carbons (Fsp3) is 0.214. The molecule has 1 aromatic heterocycles. The van der Waals surface area contributed by atoms with Gasteiger partial charge in [-0.05, 0) is 31.5 Å². The minimum Gasteiger partial charge on any atom is -0.462 e. The number of esters is 1. The van der Waals surface area contributed by atoms with E-state index in [0.717, 1.165) is 5.56 Å². The third-order valence-electron chi connectivity index (χ3n) is 2.87. The number of carbonyl (C=O) groups excluding carboxylic acids is 2. The van der Waals surface area contributed by atoms with Crippen molar-refractivity contribution in [3.05, 3.63) is 40.0 Å². The van der Waals surface area contributed by atoms with Crippen molar-refractivity contribution >= 4 is 34.4 Å². The fourth-order valence-corrected chi connectivity index (χ4v) is 2.24. The van der Waals surface area contributed by atoms with Crippen LogP contribution in [0.1, 0.15) is 33.2 Å². The van der Waals surface area contributed by atoms with Gasteiger partial charge >= 0.3 is 5.97 Å². The fourth-order valence-electron chi connectivity index (χ4n) is 1.95. The first-order valence-corrected chi connectivity index (χ1v) is 6.39. The van der Waals surface area contributed by atoms with Gasteiger partial charge in [-0.1, -0.05) is 11.6 Å². The molecule has 5 nitrogen and oxygen atoms in total. The minimum absolute atomic E-state index is 0.125. The number of ether oxygens (including phenoxy) is 1. The van der Waals surface area contributed by atoms with Crippen molar-refractivity contribution in [1.29, 1.82) is 0 Å². The van der Waals surface area contributed by atoms with E-state index in [-0.39, 0.29) is 17.2 Å². The molecule has 0 aliphatic heterocycles. The Balaban J connectivity index is 2.70. The Kier molecular flexibility index (Phi) is 3.90. The van der Waals surface area contributed by atoms with Crippen LogP contribution in [0.4, 0.5) is 0 Å². The van der Waals surface area contributed by atoms with Crippen molar-refractivity contribution in [2.75, 3.05) is 6.61 Å². The number of hydrogen-bond acceptors (Lipinski definition) is 4. The van der Waals surface area contributed by atoms with E-state index < -0.39 is 11.9 Å². The van der Waals surface area contributed by atoms with E-state index in [2.05, 4.69) is 4.98 Å². The molecule has 0 fully saturated rings. The zero-order chi connectivity index (χ0) is 14.9. The molecule has 0 saturated carbocycles. The second-order valence-corrected chi connectivity index (χ2v) is 4.64. The number of primary amides is 1. The molecule has 0 aliphatic carbocycles. The van der Waals surface area contributed by atoms with Gasteiger partial charge in [0.15, 0.2) is 0 Å². The van der Waals surface area contributed by atoms with Gasteiger partial charge in [0.2, 0.25) is 0 Å². The number of fused-ring (bicyclic) bond motifs is 1. The van der Waals surface area contributed by atoms with Crippen LogP contribution in [0, 0.1) is 6.92 Å². The summed E-state index contributed by atoms with van der Waals surface area (Å²) in [4.78, 5) is 27.2. The largest absolute Gasteiger partial charge is 0.462 e. The molecule has 0 bridgehead atoms. The number of nitrogens with two attached hydrogens (primary N) is 1. The lowest BCUT2D eigenvalue weighted by molar-refractivity contribution is 0.0526. The van der Waals surface area contributed by atoms with Crippen LogP contribution in [0.2, 0.25) is 5.02 Å². The molecule has 20 heavy (non-hydrogen) atoms. The van der Waals surface area contributed by atoms with Crippen molar-refractivity contribution < 1.29 is 14.3 Å². The van der Waals surface area contributed by atoms with Crippen molar-refractivity contribution in [1.82, 2.24) is 4.98 Å². The number of carbonyl (C=O) groups is 2. The van der Waals surface area contributed by atoms with Gasteiger partial charge in [-0.2, -0.15) is 0 Å². The molecule has 0 radical (unpaired) electrons. The van der Waals surface area contributed by atoms with Crippen LogP contribution < -0.4 is 5.73 Å². The monoisotopic (exact) mass is 292 g/mol. The number of aryl methyl sites for hydroxylation is 1. The molecule has 0 saturated heterocycles. The molecular weight excluding hydrogens is 280 g/mol. The molecule has 0 unspecified atom stereocenters. The third-order valence-corrected chi connectivity index (χ3v) is 3.28. The maximum absolute atomic E-state index is 11.8. The molecule has 104 valence electrons. The number of pyridine rings is 1. The Morgan fingerprint density at radius 1 is 1.40 bits per heavy atom. The summed E-state index contributed by atoms with van der Waals surface area (Å²) in [6.07, 6.45) is 1.34. The number of rotatable bonds is 3. The van der Waals surface area contributed by atoms with Crippen LogP contribution in [0.3, 0.4) is 0 Å². The van der Waals surface area contributed by atoms with Crippen LogP contribution in [0.5, 0.6) is 0 Å². The van der Waals surface area contributed by atoms with Gasteiger partial charge in [-0.15, -0.1) is 0 Å². The Morgan fingerprint density at radius 3 is 2.70 bits per heavy atom. The van der Waals surface area contributed by atoms with Crippen LogP contribution in [0.25, 0.3) is 10.9 Å². The Bertz CT molecular complexity index is 713. The zero-order valence-electron chi connectivity index (χ0n) is 11.1. The van der Waals surface area contributed by atoms with E-state index in [1.807, 2.05) is 0 Å². The first kappa shape index (κ1) is 14.3. The van der Waals surface area contributed by atoms with E-state index in [4.69, 9.17) is 22.1 Å².